The Hall–Kier alpha value is -2.96. The summed E-state index contributed by atoms with van der Waals surface area (Å²) in [5, 5.41) is 0. The lowest BCUT2D eigenvalue weighted by atomic mass is 10.1. The van der Waals surface area contributed by atoms with Gasteiger partial charge in [0.1, 0.15) is 0 Å². The monoisotopic (exact) mass is 420 g/mol. The average Bonchev–Trinajstić information content (AvgIpc) is 3.10. The number of hydrogen-bond donors (Lipinski definition) is 0. The van der Waals surface area contributed by atoms with Crippen molar-refractivity contribution in [2.45, 2.75) is 32.1 Å². The third-order valence-electron chi connectivity index (χ3n) is 6.78. The fraction of sp³-hybridized carbons (Fsp3) is 0.360. The van der Waals surface area contributed by atoms with Crippen LogP contribution in [0.1, 0.15) is 73.5 Å². The Morgan fingerprint density at radius 3 is 1.03 bits per heavy atom. The number of rotatable bonds is 8. The molecule has 0 atom stereocenters. The molecule has 0 radical (unpaired) electrons. The number of fused-ring (bicyclic) bond motifs is 2. The second kappa shape index (κ2) is 7.94. The van der Waals surface area contributed by atoms with Crippen LogP contribution < -0.4 is 0 Å². The van der Waals surface area contributed by atoms with Crippen molar-refractivity contribution in [3.63, 3.8) is 0 Å². The highest BCUT2D eigenvalue weighted by atomic mass is 16.2. The van der Waals surface area contributed by atoms with Gasteiger partial charge in [-0.25, -0.2) is 19.2 Å². The average molecular weight is 421 g/mol. The molecule has 2 aliphatic heterocycles. The van der Waals surface area contributed by atoms with Crippen molar-refractivity contribution in [3.05, 3.63) is 70.8 Å². The van der Waals surface area contributed by atoms with Crippen LogP contribution in [0.25, 0.3) is 0 Å². The number of amides is 4. The molecule has 0 fully saturated rings. The van der Waals surface area contributed by atoms with E-state index in [0.717, 1.165) is 32.1 Å². The van der Waals surface area contributed by atoms with Crippen LogP contribution in [0.2, 0.25) is 0 Å². The van der Waals surface area contributed by atoms with Gasteiger partial charge < -0.3 is 0 Å². The van der Waals surface area contributed by atoms with E-state index >= 15 is 0 Å². The minimum Gasteiger partial charge on any atom is -0.225 e. The molecule has 0 N–H and O–H groups in total. The molecule has 0 saturated carbocycles. The first-order chi connectivity index (χ1) is 14.8. The van der Waals surface area contributed by atoms with Crippen LogP contribution in [0.3, 0.4) is 0 Å². The summed E-state index contributed by atoms with van der Waals surface area (Å²) in [7, 11) is 3.41. The predicted molar refractivity (Wildman–Crippen MR) is 115 cm³/mol. The quantitative estimate of drug-likeness (QED) is 0.370. The maximum absolute atomic E-state index is 12.7. The van der Waals surface area contributed by atoms with Crippen LogP contribution in [-0.2, 0) is 0 Å². The zero-order valence-electron chi connectivity index (χ0n) is 18.1. The first-order valence-corrected chi connectivity index (χ1v) is 10.9. The van der Waals surface area contributed by atoms with Gasteiger partial charge in [0.05, 0.1) is 49.4 Å². The Balaban J connectivity index is 1.23. The lowest BCUT2D eigenvalue weighted by Crippen LogP contribution is -2.49. The van der Waals surface area contributed by atoms with Crippen LogP contribution in [0.5, 0.6) is 0 Å². The van der Waals surface area contributed by atoms with Crippen LogP contribution in [0, 0.1) is 0 Å². The van der Waals surface area contributed by atoms with Gasteiger partial charge in [0.2, 0.25) is 0 Å². The number of quaternary nitrogens is 2. The van der Waals surface area contributed by atoms with Crippen molar-refractivity contribution >= 4 is 23.6 Å². The first kappa shape index (κ1) is 21.3. The van der Waals surface area contributed by atoms with Crippen LogP contribution >= 0.6 is 0 Å². The van der Waals surface area contributed by atoms with Crippen molar-refractivity contribution < 1.29 is 28.1 Å². The van der Waals surface area contributed by atoms with E-state index in [2.05, 4.69) is 0 Å². The van der Waals surface area contributed by atoms with Gasteiger partial charge >= 0.3 is 23.6 Å². The van der Waals surface area contributed by atoms with E-state index in [4.69, 9.17) is 0 Å². The summed E-state index contributed by atoms with van der Waals surface area (Å²) in [5.41, 5.74) is 2.08. The predicted octanol–water partition coefficient (Wildman–Crippen LogP) is 3.82. The molecular formula is C25H28N2O4+2. The van der Waals surface area contributed by atoms with Crippen LogP contribution in [0.4, 0.5) is 0 Å². The van der Waals surface area contributed by atoms with Gasteiger partial charge in [-0.3, -0.25) is 0 Å². The molecule has 0 saturated heterocycles. The maximum atomic E-state index is 12.7. The molecule has 4 amide bonds. The topological polar surface area (TPSA) is 68.3 Å². The van der Waals surface area contributed by atoms with Crippen molar-refractivity contribution in [1.29, 1.82) is 0 Å². The molecule has 6 nitrogen and oxygen atoms in total. The highest BCUT2D eigenvalue weighted by Crippen LogP contribution is 2.30. The van der Waals surface area contributed by atoms with E-state index in [1.54, 1.807) is 62.6 Å². The summed E-state index contributed by atoms with van der Waals surface area (Å²) in [6, 6.07) is 14.1. The van der Waals surface area contributed by atoms with Gasteiger partial charge in [0.25, 0.3) is 0 Å². The molecule has 31 heavy (non-hydrogen) atoms. The van der Waals surface area contributed by atoms with Crippen molar-refractivity contribution in [1.82, 2.24) is 0 Å². The number of carbonyl (C=O) groups is 4. The second-order valence-electron chi connectivity index (χ2n) is 8.91. The summed E-state index contributed by atoms with van der Waals surface area (Å²) in [4.78, 5) is 50.9. The summed E-state index contributed by atoms with van der Waals surface area (Å²) in [5.74, 6) is -0.486. The van der Waals surface area contributed by atoms with E-state index in [1.807, 2.05) is 0 Å². The van der Waals surface area contributed by atoms with E-state index in [1.165, 1.54) is 0 Å². The molecule has 2 heterocycles. The minimum atomic E-state index is -0.185. The molecule has 0 bridgehead atoms. The molecule has 160 valence electrons. The molecule has 2 aliphatic rings. The van der Waals surface area contributed by atoms with Crippen molar-refractivity contribution in [2.75, 3.05) is 27.2 Å². The van der Waals surface area contributed by atoms with Crippen molar-refractivity contribution in [3.8, 4) is 0 Å². The Kier molecular flexibility index (Phi) is 5.45. The summed E-state index contributed by atoms with van der Waals surface area (Å²) < 4.78 is -0.370. The summed E-state index contributed by atoms with van der Waals surface area (Å²) >= 11 is 0. The Bertz CT molecular complexity index is 933. The highest BCUT2D eigenvalue weighted by Gasteiger charge is 2.50. The summed E-state index contributed by atoms with van der Waals surface area (Å²) in [6.45, 7) is 0.985. The number of carbonyl (C=O) groups excluding carboxylic acids is 4. The standard InChI is InChI=1S/C25H28N2O4/c1-26(22(28)18-12-6-7-13-19(18)23(26)29)16-10-4-3-5-11-17-27(2)24(30)20-14-8-9-15-21(20)25(27)31/h6-9,12-15H,3-5,10-11,16-17H2,1-2H3/q+2. The van der Waals surface area contributed by atoms with Gasteiger partial charge in [-0.1, -0.05) is 30.7 Å². The largest absolute Gasteiger partial charge is 0.354 e. The van der Waals surface area contributed by atoms with Crippen LogP contribution in [0.15, 0.2) is 48.5 Å². The Labute approximate surface area is 182 Å². The zero-order valence-corrected chi connectivity index (χ0v) is 18.1. The molecule has 2 aromatic rings. The Morgan fingerprint density at radius 1 is 0.484 bits per heavy atom. The third-order valence-corrected chi connectivity index (χ3v) is 6.78. The second-order valence-corrected chi connectivity index (χ2v) is 8.91. The van der Waals surface area contributed by atoms with E-state index in [0.29, 0.717) is 35.3 Å². The first-order valence-electron chi connectivity index (χ1n) is 10.9. The van der Waals surface area contributed by atoms with Gasteiger partial charge in [-0.15, -0.1) is 0 Å². The van der Waals surface area contributed by atoms with E-state index < -0.39 is 0 Å². The fourth-order valence-corrected chi connectivity index (χ4v) is 4.75. The third kappa shape index (κ3) is 3.36. The molecule has 0 unspecified atom stereocenters. The molecule has 0 aliphatic carbocycles. The molecule has 4 rings (SSSR count). The van der Waals surface area contributed by atoms with E-state index in [-0.39, 0.29) is 32.6 Å². The maximum Gasteiger partial charge on any atom is 0.354 e. The lowest BCUT2D eigenvalue weighted by molar-refractivity contribution is -0.741. The van der Waals surface area contributed by atoms with Crippen LogP contribution in [-0.4, -0.2) is 59.8 Å². The van der Waals surface area contributed by atoms with Gasteiger partial charge in [0, 0.05) is 0 Å². The number of hydrogen-bond acceptors (Lipinski definition) is 4. The van der Waals surface area contributed by atoms with Crippen molar-refractivity contribution in [2.24, 2.45) is 0 Å². The number of unbranched alkanes of at least 4 members (excludes halogenated alkanes) is 4. The van der Waals surface area contributed by atoms with Gasteiger partial charge in [-0.2, -0.15) is 8.97 Å². The highest BCUT2D eigenvalue weighted by molar-refractivity contribution is 6.14. The SMILES string of the molecule is C[N+]1(CCCCCCC[N+]2(C)C(=O)c3ccccc3C2=O)C(=O)c2ccccc2C1=O. The van der Waals surface area contributed by atoms with E-state index in [9.17, 15) is 19.2 Å². The zero-order chi connectivity index (χ0) is 22.2. The molecule has 0 aromatic heterocycles. The minimum absolute atomic E-state index is 0.122. The number of benzene rings is 2. The number of imide groups is 2. The molecule has 6 heteroatoms. The van der Waals surface area contributed by atoms with Gasteiger partial charge in [0.15, 0.2) is 0 Å². The Morgan fingerprint density at radius 2 is 0.742 bits per heavy atom. The number of nitrogens with zero attached hydrogens (tertiary/aromatic N) is 2. The van der Waals surface area contributed by atoms with Gasteiger partial charge in [-0.05, 0) is 49.9 Å². The smallest absolute Gasteiger partial charge is 0.225 e. The molecule has 2 aromatic carbocycles. The molecular weight excluding hydrogens is 392 g/mol. The normalized spacial score (nSPS) is 18.4. The lowest BCUT2D eigenvalue weighted by Gasteiger charge is -2.24. The summed E-state index contributed by atoms with van der Waals surface area (Å²) in [6.07, 6.45) is 4.28. The molecule has 0 spiro atoms. The fourth-order valence-electron chi connectivity index (χ4n) is 4.75.